The maximum atomic E-state index is 5.37. The zero-order chi connectivity index (χ0) is 13.7. The molecule has 0 spiro atoms. The lowest BCUT2D eigenvalue weighted by Gasteiger charge is -2.15. The summed E-state index contributed by atoms with van der Waals surface area (Å²) in [5.74, 6) is 1.73. The normalized spacial score (nSPS) is 12.2. The van der Waals surface area contributed by atoms with Gasteiger partial charge in [0.2, 0.25) is 0 Å². The zero-order valence-electron chi connectivity index (χ0n) is 11.5. The third-order valence-corrected chi connectivity index (χ3v) is 4.11. The average molecular weight is 277 g/mol. The topological polar surface area (TPSA) is 30.5 Å². The summed E-state index contributed by atoms with van der Waals surface area (Å²) in [6.07, 6.45) is 0. The van der Waals surface area contributed by atoms with Gasteiger partial charge in [0.05, 0.1) is 14.2 Å². The SMILES string of the molecule is COc1ccc(OC)c(CNC(C)c2cccs2)c1. The van der Waals surface area contributed by atoms with Gasteiger partial charge >= 0.3 is 0 Å². The van der Waals surface area contributed by atoms with Gasteiger partial charge in [0.1, 0.15) is 11.5 Å². The summed E-state index contributed by atoms with van der Waals surface area (Å²) >= 11 is 1.77. The average Bonchev–Trinajstić information content (AvgIpc) is 2.98. The van der Waals surface area contributed by atoms with Gasteiger partial charge in [-0.3, -0.25) is 0 Å². The molecule has 0 radical (unpaired) electrons. The number of benzene rings is 1. The lowest BCUT2D eigenvalue weighted by Crippen LogP contribution is -2.17. The molecule has 1 atom stereocenters. The molecule has 19 heavy (non-hydrogen) atoms. The second kappa shape index (κ2) is 6.59. The van der Waals surface area contributed by atoms with Crippen molar-refractivity contribution < 1.29 is 9.47 Å². The molecule has 0 fully saturated rings. The summed E-state index contributed by atoms with van der Waals surface area (Å²) in [5.41, 5.74) is 1.10. The van der Waals surface area contributed by atoms with Crippen LogP contribution in [-0.4, -0.2) is 14.2 Å². The Hall–Kier alpha value is -1.52. The second-order valence-electron chi connectivity index (χ2n) is 4.30. The van der Waals surface area contributed by atoms with Crippen molar-refractivity contribution >= 4 is 11.3 Å². The fraction of sp³-hybridized carbons (Fsp3) is 0.333. The Morgan fingerprint density at radius 3 is 2.68 bits per heavy atom. The molecule has 2 aromatic rings. The summed E-state index contributed by atoms with van der Waals surface area (Å²) in [4.78, 5) is 1.34. The van der Waals surface area contributed by atoms with Crippen molar-refractivity contribution in [2.45, 2.75) is 19.5 Å². The minimum Gasteiger partial charge on any atom is -0.497 e. The predicted octanol–water partition coefficient (Wildman–Crippen LogP) is 3.62. The molecule has 0 bridgehead atoms. The van der Waals surface area contributed by atoms with E-state index in [9.17, 15) is 0 Å². The molecule has 4 heteroatoms. The minimum atomic E-state index is 0.330. The molecule has 1 N–H and O–H groups in total. The van der Waals surface area contributed by atoms with Crippen molar-refractivity contribution in [3.05, 3.63) is 46.2 Å². The van der Waals surface area contributed by atoms with Gasteiger partial charge in [-0.2, -0.15) is 0 Å². The highest BCUT2D eigenvalue weighted by Gasteiger charge is 2.09. The van der Waals surface area contributed by atoms with E-state index in [0.29, 0.717) is 6.04 Å². The van der Waals surface area contributed by atoms with Crippen LogP contribution in [0.15, 0.2) is 35.7 Å². The van der Waals surface area contributed by atoms with Crippen molar-refractivity contribution in [1.29, 1.82) is 0 Å². The van der Waals surface area contributed by atoms with Gasteiger partial charge in [-0.1, -0.05) is 6.07 Å². The van der Waals surface area contributed by atoms with Gasteiger partial charge in [0, 0.05) is 23.0 Å². The molecule has 1 aromatic carbocycles. The molecular formula is C15H19NO2S. The fourth-order valence-corrected chi connectivity index (χ4v) is 2.68. The molecular weight excluding hydrogens is 258 g/mol. The van der Waals surface area contributed by atoms with E-state index in [4.69, 9.17) is 9.47 Å². The van der Waals surface area contributed by atoms with Gasteiger partial charge in [-0.15, -0.1) is 11.3 Å². The molecule has 0 aliphatic rings. The van der Waals surface area contributed by atoms with E-state index in [0.717, 1.165) is 23.6 Å². The van der Waals surface area contributed by atoms with Crippen LogP contribution in [0.5, 0.6) is 11.5 Å². The van der Waals surface area contributed by atoms with Crippen LogP contribution in [0.25, 0.3) is 0 Å². The number of hydrogen-bond donors (Lipinski definition) is 1. The number of ether oxygens (including phenoxy) is 2. The zero-order valence-corrected chi connectivity index (χ0v) is 12.3. The molecule has 0 aliphatic carbocycles. The second-order valence-corrected chi connectivity index (χ2v) is 5.28. The van der Waals surface area contributed by atoms with Gasteiger partial charge < -0.3 is 14.8 Å². The monoisotopic (exact) mass is 277 g/mol. The van der Waals surface area contributed by atoms with Gasteiger partial charge in [0.25, 0.3) is 0 Å². The first-order chi connectivity index (χ1) is 9.24. The summed E-state index contributed by atoms with van der Waals surface area (Å²) in [6.45, 7) is 2.91. The summed E-state index contributed by atoms with van der Waals surface area (Å²) in [6, 6.07) is 10.4. The van der Waals surface area contributed by atoms with E-state index in [1.165, 1.54) is 4.88 Å². The molecule has 102 valence electrons. The minimum absolute atomic E-state index is 0.330. The van der Waals surface area contributed by atoms with Crippen molar-refractivity contribution in [3.8, 4) is 11.5 Å². The van der Waals surface area contributed by atoms with Crippen molar-refractivity contribution in [3.63, 3.8) is 0 Å². The van der Waals surface area contributed by atoms with E-state index in [1.54, 1.807) is 25.6 Å². The van der Waals surface area contributed by atoms with Crippen LogP contribution in [0.2, 0.25) is 0 Å². The quantitative estimate of drug-likeness (QED) is 0.875. The molecule has 0 amide bonds. The Kier molecular flexibility index (Phi) is 4.82. The van der Waals surface area contributed by atoms with Crippen LogP contribution < -0.4 is 14.8 Å². The van der Waals surface area contributed by atoms with Crippen LogP contribution in [0.3, 0.4) is 0 Å². The fourth-order valence-electron chi connectivity index (χ4n) is 1.92. The van der Waals surface area contributed by atoms with E-state index >= 15 is 0 Å². The Balaban J connectivity index is 2.05. The first-order valence-corrected chi connectivity index (χ1v) is 7.10. The first-order valence-electron chi connectivity index (χ1n) is 6.22. The molecule has 0 aliphatic heterocycles. The third-order valence-electron chi connectivity index (χ3n) is 3.06. The smallest absolute Gasteiger partial charge is 0.123 e. The lowest BCUT2D eigenvalue weighted by molar-refractivity contribution is 0.396. The Labute approximate surface area is 118 Å². The number of hydrogen-bond acceptors (Lipinski definition) is 4. The highest BCUT2D eigenvalue weighted by molar-refractivity contribution is 7.10. The Morgan fingerprint density at radius 1 is 1.21 bits per heavy atom. The maximum Gasteiger partial charge on any atom is 0.123 e. The molecule has 1 unspecified atom stereocenters. The standard InChI is InChI=1S/C15H19NO2S/c1-11(15-5-4-8-19-15)16-10-12-9-13(17-2)6-7-14(12)18-3/h4-9,11,16H,10H2,1-3H3. The summed E-state index contributed by atoms with van der Waals surface area (Å²) < 4.78 is 10.6. The first kappa shape index (κ1) is 13.9. The molecule has 1 aromatic heterocycles. The van der Waals surface area contributed by atoms with Gasteiger partial charge in [-0.25, -0.2) is 0 Å². The van der Waals surface area contributed by atoms with Crippen LogP contribution in [0, 0.1) is 0 Å². The largest absolute Gasteiger partial charge is 0.497 e. The molecule has 3 nitrogen and oxygen atoms in total. The van der Waals surface area contributed by atoms with E-state index in [2.05, 4.69) is 29.8 Å². The van der Waals surface area contributed by atoms with Crippen LogP contribution in [0.4, 0.5) is 0 Å². The van der Waals surface area contributed by atoms with E-state index < -0.39 is 0 Å². The van der Waals surface area contributed by atoms with Crippen LogP contribution >= 0.6 is 11.3 Å². The molecule has 0 saturated heterocycles. The summed E-state index contributed by atoms with van der Waals surface area (Å²) in [5, 5.41) is 5.60. The Morgan fingerprint density at radius 2 is 2.05 bits per heavy atom. The number of rotatable bonds is 6. The van der Waals surface area contributed by atoms with Crippen molar-refractivity contribution in [2.75, 3.05) is 14.2 Å². The number of methoxy groups -OCH3 is 2. The molecule has 0 saturated carbocycles. The highest BCUT2D eigenvalue weighted by Crippen LogP contribution is 2.25. The van der Waals surface area contributed by atoms with E-state index in [1.807, 2.05) is 18.2 Å². The maximum absolute atomic E-state index is 5.37. The number of nitrogens with one attached hydrogen (secondary N) is 1. The van der Waals surface area contributed by atoms with Crippen LogP contribution in [-0.2, 0) is 6.54 Å². The summed E-state index contributed by atoms with van der Waals surface area (Å²) in [7, 11) is 3.36. The van der Waals surface area contributed by atoms with Gasteiger partial charge in [-0.05, 0) is 36.6 Å². The van der Waals surface area contributed by atoms with E-state index in [-0.39, 0.29) is 0 Å². The number of thiophene rings is 1. The Bertz CT molecular complexity index is 511. The third kappa shape index (κ3) is 3.49. The van der Waals surface area contributed by atoms with Gasteiger partial charge in [0.15, 0.2) is 0 Å². The van der Waals surface area contributed by atoms with Crippen LogP contribution in [0.1, 0.15) is 23.4 Å². The molecule has 2 rings (SSSR count). The van der Waals surface area contributed by atoms with Crippen molar-refractivity contribution in [1.82, 2.24) is 5.32 Å². The highest BCUT2D eigenvalue weighted by atomic mass is 32.1. The predicted molar refractivity (Wildman–Crippen MR) is 79.1 cm³/mol. The molecule has 1 heterocycles. The van der Waals surface area contributed by atoms with Crippen molar-refractivity contribution in [2.24, 2.45) is 0 Å². The lowest BCUT2D eigenvalue weighted by atomic mass is 10.1.